The lowest BCUT2D eigenvalue weighted by atomic mass is 10.1. The van der Waals surface area contributed by atoms with Crippen LogP contribution in [0.2, 0.25) is 0 Å². The van der Waals surface area contributed by atoms with Gasteiger partial charge in [0, 0.05) is 17.1 Å². The van der Waals surface area contributed by atoms with E-state index in [1.165, 1.54) is 67.3 Å². The van der Waals surface area contributed by atoms with Gasteiger partial charge in [-0.15, -0.1) is 0 Å². The molecule has 1 heterocycles. The van der Waals surface area contributed by atoms with Gasteiger partial charge >= 0.3 is 0 Å². The molecule has 21 heavy (non-hydrogen) atoms. The number of halogens is 1. The molecule has 2 unspecified atom stereocenters. The second-order valence-corrected chi connectivity index (χ2v) is 7.63. The molecule has 3 heteroatoms. The summed E-state index contributed by atoms with van der Waals surface area (Å²) in [6.07, 6.45) is 6.66. The number of fused-ring (bicyclic) bond motifs is 1. The standard InChI is InChI=1S/C18H27BrN2/c1-14(13-21-10-3-2-4-11-21)12-20-18-9-8-15-16(18)6-5-7-17(15)19/h5-7,14,18,20H,2-4,8-13H2,1H3. The van der Waals surface area contributed by atoms with Crippen LogP contribution in [-0.2, 0) is 6.42 Å². The highest BCUT2D eigenvalue weighted by atomic mass is 79.9. The normalized spacial score (nSPS) is 24.0. The fourth-order valence-electron chi connectivity index (χ4n) is 3.81. The van der Waals surface area contributed by atoms with Gasteiger partial charge in [-0.25, -0.2) is 0 Å². The molecular formula is C18H27BrN2. The van der Waals surface area contributed by atoms with Gasteiger partial charge in [0.25, 0.3) is 0 Å². The van der Waals surface area contributed by atoms with Gasteiger partial charge in [0.1, 0.15) is 0 Å². The molecule has 2 nitrogen and oxygen atoms in total. The molecular weight excluding hydrogens is 324 g/mol. The van der Waals surface area contributed by atoms with Crippen molar-refractivity contribution in [2.45, 2.75) is 45.1 Å². The van der Waals surface area contributed by atoms with Crippen molar-refractivity contribution in [3.63, 3.8) is 0 Å². The lowest BCUT2D eigenvalue weighted by Crippen LogP contribution is -2.37. The molecule has 1 aliphatic carbocycles. The molecule has 1 aromatic carbocycles. The van der Waals surface area contributed by atoms with E-state index in [9.17, 15) is 0 Å². The van der Waals surface area contributed by atoms with E-state index in [1.54, 1.807) is 0 Å². The monoisotopic (exact) mass is 350 g/mol. The molecule has 1 aromatic rings. The SMILES string of the molecule is CC(CNC1CCc2c(Br)cccc21)CN1CCCCC1. The van der Waals surface area contributed by atoms with E-state index >= 15 is 0 Å². The summed E-state index contributed by atoms with van der Waals surface area (Å²) in [5.41, 5.74) is 3.02. The second kappa shape index (κ2) is 7.26. The van der Waals surface area contributed by atoms with Crippen molar-refractivity contribution in [1.82, 2.24) is 10.2 Å². The Bertz CT molecular complexity index is 468. The van der Waals surface area contributed by atoms with E-state index < -0.39 is 0 Å². The molecule has 0 amide bonds. The fraction of sp³-hybridized carbons (Fsp3) is 0.667. The summed E-state index contributed by atoms with van der Waals surface area (Å²) in [7, 11) is 0. The van der Waals surface area contributed by atoms with Crippen molar-refractivity contribution in [3.05, 3.63) is 33.8 Å². The van der Waals surface area contributed by atoms with E-state index in [2.05, 4.69) is 51.3 Å². The zero-order valence-electron chi connectivity index (χ0n) is 13.1. The Hall–Kier alpha value is -0.380. The summed E-state index contributed by atoms with van der Waals surface area (Å²) in [6, 6.07) is 7.18. The van der Waals surface area contributed by atoms with Gasteiger partial charge in [-0.3, -0.25) is 0 Å². The van der Waals surface area contributed by atoms with Gasteiger partial charge in [-0.1, -0.05) is 41.4 Å². The molecule has 2 atom stereocenters. The first kappa shape index (κ1) is 15.5. The van der Waals surface area contributed by atoms with Crippen LogP contribution in [-0.4, -0.2) is 31.1 Å². The summed E-state index contributed by atoms with van der Waals surface area (Å²) < 4.78 is 1.28. The first-order valence-corrected chi connectivity index (χ1v) is 9.26. The smallest absolute Gasteiger partial charge is 0.0326 e. The van der Waals surface area contributed by atoms with Crippen LogP contribution in [0.5, 0.6) is 0 Å². The quantitative estimate of drug-likeness (QED) is 0.857. The van der Waals surface area contributed by atoms with Crippen molar-refractivity contribution in [2.75, 3.05) is 26.2 Å². The van der Waals surface area contributed by atoms with Crippen molar-refractivity contribution in [3.8, 4) is 0 Å². The van der Waals surface area contributed by atoms with E-state index in [0.29, 0.717) is 6.04 Å². The molecule has 1 fully saturated rings. The van der Waals surface area contributed by atoms with Crippen LogP contribution in [0.1, 0.15) is 49.8 Å². The average molecular weight is 351 g/mol. The fourth-order valence-corrected chi connectivity index (χ4v) is 4.39. The number of piperidine rings is 1. The van der Waals surface area contributed by atoms with Gasteiger partial charge in [-0.2, -0.15) is 0 Å². The maximum absolute atomic E-state index is 3.81. The number of hydrogen-bond donors (Lipinski definition) is 1. The number of likely N-dealkylation sites (tertiary alicyclic amines) is 1. The first-order chi connectivity index (χ1) is 10.2. The third kappa shape index (κ3) is 3.88. The van der Waals surface area contributed by atoms with Crippen LogP contribution in [0.4, 0.5) is 0 Å². The van der Waals surface area contributed by atoms with E-state index in [-0.39, 0.29) is 0 Å². The Balaban J connectivity index is 1.49. The Morgan fingerprint density at radius 2 is 2.10 bits per heavy atom. The molecule has 116 valence electrons. The highest BCUT2D eigenvalue weighted by molar-refractivity contribution is 9.10. The zero-order valence-corrected chi connectivity index (χ0v) is 14.7. The Morgan fingerprint density at radius 3 is 2.90 bits per heavy atom. The Labute approximate surface area is 137 Å². The minimum atomic E-state index is 0.557. The topological polar surface area (TPSA) is 15.3 Å². The van der Waals surface area contributed by atoms with Crippen molar-refractivity contribution < 1.29 is 0 Å². The third-order valence-corrected chi connectivity index (χ3v) is 5.69. The summed E-state index contributed by atoms with van der Waals surface area (Å²) in [4.78, 5) is 2.65. The van der Waals surface area contributed by atoms with E-state index in [0.717, 1.165) is 12.5 Å². The summed E-state index contributed by atoms with van der Waals surface area (Å²) in [5, 5.41) is 3.81. The van der Waals surface area contributed by atoms with Gasteiger partial charge in [-0.05, 0) is 68.4 Å². The van der Waals surface area contributed by atoms with Crippen LogP contribution < -0.4 is 5.32 Å². The van der Waals surface area contributed by atoms with Crippen LogP contribution in [0.15, 0.2) is 22.7 Å². The average Bonchev–Trinajstić information content (AvgIpc) is 2.91. The molecule has 1 aliphatic heterocycles. The first-order valence-electron chi connectivity index (χ1n) is 8.47. The predicted molar refractivity (Wildman–Crippen MR) is 92.7 cm³/mol. The minimum Gasteiger partial charge on any atom is -0.310 e. The van der Waals surface area contributed by atoms with E-state index in [4.69, 9.17) is 0 Å². The third-order valence-electron chi connectivity index (χ3n) is 4.94. The van der Waals surface area contributed by atoms with Crippen molar-refractivity contribution in [1.29, 1.82) is 0 Å². The zero-order chi connectivity index (χ0) is 14.7. The minimum absolute atomic E-state index is 0.557. The van der Waals surface area contributed by atoms with Crippen LogP contribution in [0.25, 0.3) is 0 Å². The number of benzene rings is 1. The predicted octanol–water partition coefficient (Wildman–Crippen LogP) is 4.15. The highest BCUT2D eigenvalue weighted by Gasteiger charge is 2.24. The number of hydrogen-bond acceptors (Lipinski definition) is 2. The Kier molecular flexibility index (Phi) is 5.36. The molecule has 3 rings (SSSR count). The summed E-state index contributed by atoms with van der Waals surface area (Å²) >= 11 is 3.69. The van der Waals surface area contributed by atoms with Crippen molar-refractivity contribution in [2.24, 2.45) is 5.92 Å². The van der Waals surface area contributed by atoms with E-state index in [1.807, 2.05) is 0 Å². The summed E-state index contributed by atoms with van der Waals surface area (Å²) in [6.45, 7) is 7.39. The Morgan fingerprint density at radius 1 is 1.29 bits per heavy atom. The molecule has 0 saturated carbocycles. The van der Waals surface area contributed by atoms with Gasteiger partial charge in [0.2, 0.25) is 0 Å². The highest BCUT2D eigenvalue weighted by Crippen LogP contribution is 2.35. The van der Waals surface area contributed by atoms with Crippen LogP contribution in [0.3, 0.4) is 0 Å². The molecule has 2 aliphatic rings. The van der Waals surface area contributed by atoms with Crippen LogP contribution >= 0.6 is 15.9 Å². The molecule has 1 saturated heterocycles. The molecule has 0 bridgehead atoms. The van der Waals surface area contributed by atoms with Crippen LogP contribution in [0, 0.1) is 5.92 Å². The van der Waals surface area contributed by atoms with Gasteiger partial charge in [0.15, 0.2) is 0 Å². The molecule has 0 aromatic heterocycles. The molecule has 1 N–H and O–H groups in total. The van der Waals surface area contributed by atoms with Crippen molar-refractivity contribution >= 4 is 15.9 Å². The number of rotatable bonds is 5. The molecule has 0 spiro atoms. The lowest BCUT2D eigenvalue weighted by molar-refractivity contribution is 0.197. The second-order valence-electron chi connectivity index (χ2n) is 6.77. The number of nitrogens with zero attached hydrogens (tertiary/aromatic N) is 1. The number of nitrogens with one attached hydrogen (secondary N) is 1. The van der Waals surface area contributed by atoms with Gasteiger partial charge in [0.05, 0.1) is 0 Å². The maximum Gasteiger partial charge on any atom is 0.0326 e. The summed E-state index contributed by atoms with van der Waals surface area (Å²) in [5.74, 6) is 0.735. The van der Waals surface area contributed by atoms with Gasteiger partial charge < -0.3 is 10.2 Å². The lowest BCUT2D eigenvalue weighted by Gasteiger charge is -2.29. The maximum atomic E-state index is 3.81. The largest absolute Gasteiger partial charge is 0.310 e. The molecule has 0 radical (unpaired) electrons.